The molecule has 0 saturated carbocycles. The summed E-state index contributed by atoms with van der Waals surface area (Å²) in [6.45, 7) is 0.136. The molecule has 1 heterocycles. The van der Waals surface area contributed by atoms with Gasteiger partial charge in [0.05, 0.1) is 16.8 Å². The average Bonchev–Trinajstić information content (AvgIpc) is 2.67. The Bertz CT molecular complexity index is 974. The lowest BCUT2D eigenvalue weighted by Gasteiger charge is -2.13. The molecule has 2 N–H and O–H groups in total. The molecule has 0 aliphatic rings. The lowest BCUT2D eigenvalue weighted by molar-refractivity contribution is -0.136. The van der Waals surface area contributed by atoms with Crippen molar-refractivity contribution in [2.24, 2.45) is 0 Å². The number of nitrogens with zero attached hydrogens (tertiary/aromatic N) is 2. The SMILES string of the molecule is O=C(Nc1ccccc1C(F)(F)F)c1cnc(NCc2ccccc2F)nc1. The first-order valence-corrected chi connectivity index (χ1v) is 8.11. The van der Waals surface area contributed by atoms with E-state index in [2.05, 4.69) is 20.6 Å². The number of nitrogens with one attached hydrogen (secondary N) is 2. The Hall–Kier alpha value is -3.49. The third kappa shape index (κ3) is 4.61. The summed E-state index contributed by atoms with van der Waals surface area (Å²) in [5.74, 6) is -1.01. The highest BCUT2D eigenvalue weighted by molar-refractivity contribution is 6.04. The molecular formula is C19H14F4N4O. The van der Waals surface area contributed by atoms with Crippen LogP contribution in [0.2, 0.25) is 0 Å². The van der Waals surface area contributed by atoms with Gasteiger partial charge in [0.2, 0.25) is 5.95 Å². The van der Waals surface area contributed by atoms with Gasteiger partial charge < -0.3 is 10.6 Å². The van der Waals surface area contributed by atoms with E-state index in [0.717, 1.165) is 12.1 Å². The molecule has 9 heteroatoms. The van der Waals surface area contributed by atoms with Crippen molar-refractivity contribution in [3.05, 3.63) is 83.4 Å². The largest absolute Gasteiger partial charge is 0.418 e. The fourth-order valence-electron chi connectivity index (χ4n) is 2.39. The fraction of sp³-hybridized carbons (Fsp3) is 0.105. The molecule has 0 unspecified atom stereocenters. The number of hydrogen-bond donors (Lipinski definition) is 2. The number of benzene rings is 2. The molecule has 1 aromatic heterocycles. The first kappa shape index (κ1) is 19.3. The molecule has 5 nitrogen and oxygen atoms in total. The second-order valence-corrected chi connectivity index (χ2v) is 5.74. The number of hydrogen-bond acceptors (Lipinski definition) is 4. The molecule has 0 fully saturated rings. The zero-order chi connectivity index (χ0) is 20.1. The summed E-state index contributed by atoms with van der Waals surface area (Å²) in [4.78, 5) is 20.1. The van der Waals surface area contributed by atoms with Crippen molar-refractivity contribution in [1.82, 2.24) is 9.97 Å². The Morgan fingerprint density at radius 1 is 0.964 bits per heavy atom. The normalized spacial score (nSPS) is 11.1. The van der Waals surface area contributed by atoms with E-state index >= 15 is 0 Å². The molecule has 3 aromatic rings. The molecule has 0 radical (unpaired) electrons. The molecule has 0 spiro atoms. The number of carbonyl (C=O) groups excluding carboxylic acids is 1. The number of carbonyl (C=O) groups is 1. The van der Waals surface area contributed by atoms with E-state index in [1.165, 1.54) is 30.6 Å². The summed E-state index contributed by atoms with van der Waals surface area (Å²) in [5, 5.41) is 5.01. The maximum atomic E-state index is 13.6. The predicted octanol–water partition coefficient (Wildman–Crippen LogP) is 4.50. The van der Waals surface area contributed by atoms with Gasteiger partial charge in [0.15, 0.2) is 0 Å². The van der Waals surface area contributed by atoms with E-state index in [9.17, 15) is 22.4 Å². The quantitative estimate of drug-likeness (QED) is 0.630. The molecule has 0 aliphatic heterocycles. The van der Waals surface area contributed by atoms with Gasteiger partial charge in [-0.05, 0) is 18.2 Å². The molecule has 0 atom stereocenters. The minimum Gasteiger partial charge on any atom is -0.350 e. The third-order valence-electron chi connectivity index (χ3n) is 3.79. The highest BCUT2D eigenvalue weighted by atomic mass is 19.4. The van der Waals surface area contributed by atoms with E-state index in [0.29, 0.717) is 5.56 Å². The molecule has 1 amide bonds. The Labute approximate surface area is 157 Å². The highest BCUT2D eigenvalue weighted by Gasteiger charge is 2.33. The highest BCUT2D eigenvalue weighted by Crippen LogP contribution is 2.34. The standard InChI is InChI=1S/C19H14F4N4O/c20-15-7-3-1-5-12(15)9-24-18-25-10-13(11-26-18)17(28)27-16-8-4-2-6-14(16)19(21,22)23/h1-8,10-11H,9H2,(H,27,28)(H,24,25,26). The summed E-state index contributed by atoms with van der Waals surface area (Å²) in [7, 11) is 0. The van der Waals surface area contributed by atoms with Crippen molar-refractivity contribution in [2.45, 2.75) is 12.7 Å². The topological polar surface area (TPSA) is 66.9 Å². The van der Waals surface area contributed by atoms with E-state index in [-0.39, 0.29) is 29.6 Å². The molecule has 0 saturated heterocycles. The Kier molecular flexibility index (Phi) is 5.53. The van der Waals surface area contributed by atoms with Crippen LogP contribution < -0.4 is 10.6 Å². The monoisotopic (exact) mass is 390 g/mol. The van der Waals surface area contributed by atoms with Crippen molar-refractivity contribution >= 4 is 17.5 Å². The van der Waals surface area contributed by atoms with E-state index < -0.39 is 17.6 Å². The average molecular weight is 390 g/mol. The van der Waals surface area contributed by atoms with Crippen molar-refractivity contribution in [1.29, 1.82) is 0 Å². The maximum absolute atomic E-state index is 13.6. The van der Waals surface area contributed by atoms with Crippen LogP contribution in [0.25, 0.3) is 0 Å². The Morgan fingerprint density at radius 2 is 1.61 bits per heavy atom. The van der Waals surface area contributed by atoms with Gasteiger partial charge in [0.25, 0.3) is 5.91 Å². The molecule has 0 aliphatic carbocycles. The fourth-order valence-corrected chi connectivity index (χ4v) is 2.39. The molecule has 2 aromatic carbocycles. The molecular weight excluding hydrogens is 376 g/mol. The second kappa shape index (κ2) is 8.03. The Morgan fingerprint density at radius 3 is 2.29 bits per heavy atom. The van der Waals surface area contributed by atoms with Gasteiger partial charge >= 0.3 is 6.18 Å². The number of alkyl halides is 3. The van der Waals surface area contributed by atoms with Gasteiger partial charge in [-0.2, -0.15) is 13.2 Å². The summed E-state index contributed by atoms with van der Waals surface area (Å²) in [5.41, 5.74) is -0.917. The minimum atomic E-state index is -4.60. The number of para-hydroxylation sites is 1. The minimum absolute atomic E-state index is 0.0200. The van der Waals surface area contributed by atoms with E-state index in [4.69, 9.17) is 0 Å². The van der Waals surface area contributed by atoms with Crippen molar-refractivity contribution in [2.75, 3.05) is 10.6 Å². The first-order valence-electron chi connectivity index (χ1n) is 8.11. The van der Waals surface area contributed by atoms with Gasteiger partial charge in [-0.1, -0.05) is 30.3 Å². The zero-order valence-electron chi connectivity index (χ0n) is 14.3. The maximum Gasteiger partial charge on any atom is 0.418 e. The summed E-state index contributed by atoms with van der Waals surface area (Å²) in [6, 6.07) is 10.8. The van der Waals surface area contributed by atoms with Crippen LogP contribution in [0.4, 0.5) is 29.2 Å². The molecule has 28 heavy (non-hydrogen) atoms. The predicted molar refractivity (Wildman–Crippen MR) is 95.2 cm³/mol. The van der Waals surface area contributed by atoms with E-state index in [1.807, 2.05) is 0 Å². The molecule has 144 valence electrons. The third-order valence-corrected chi connectivity index (χ3v) is 3.79. The van der Waals surface area contributed by atoms with Crippen LogP contribution in [0, 0.1) is 5.82 Å². The molecule has 3 rings (SSSR count). The zero-order valence-corrected chi connectivity index (χ0v) is 14.3. The number of anilines is 2. The summed E-state index contributed by atoms with van der Waals surface area (Å²) >= 11 is 0. The van der Waals surface area contributed by atoms with Crippen LogP contribution in [-0.2, 0) is 12.7 Å². The second-order valence-electron chi connectivity index (χ2n) is 5.74. The Balaban J connectivity index is 1.67. The van der Waals surface area contributed by atoms with E-state index in [1.54, 1.807) is 18.2 Å². The van der Waals surface area contributed by atoms with Crippen LogP contribution in [-0.4, -0.2) is 15.9 Å². The lowest BCUT2D eigenvalue weighted by atomic mass is 10.1. The van der Waals surface area contributed by atoms with Gasteiger partial charge in [-0.15, -0.1) is 0 Å². The smallest absolute Gasteiger partial charge is 0.350 e. The number of rotatable bonds is 5. The van der Waals surface area contributed by atoms with Crippen molar-refractivity contribution < 1.29 is 22.4 Å². The van der Waals surface area contributed by atoms with Gasteiger partial charge in [0, 0.05) is 24.5 Å². The van der Waals surface area contributed by atoms with Crippen LogP contribution in [0.1, 0.15) is 21.5 Å². The van der Waals surface area contributed by atoms with Gasteiger partial charge in [0.1, 0.15) is 5.82 Å². The number of aromatic nitrogens is 2. The first-order chi connectivity index (χ1) is 13.3. The summed E-state index contributed by atoms with van der Waals surface area (Å²) < 4.78 is 52.6. The molecule has 0 bridgehead atoms. The number of amides is 1. The van der Waals surface area contributed by atoms with Gasteiger partial charge in [-0.3, -0.25) is 4.79 Å². The van der Waals surface area contributed by atoms with Gasteiger partial charge in [-0.25, -0.2) is 14.4 Å². The van der Waals surface area contributed by atoms with Crippen LogP contribution >= 0.6 is 0 Å². The van der Waals surface area contributed by atoms with Crippen molar-refractivity contribution in [3.63, 3.8) is 0 Å². The van der Waals surface area contributed by atoms with Crippen LogP contribution in [0.5, 0.6) is 0 Å². The van der Waals surface area contributed by atoms with Crippen LogP contribution in [0.15, 0.2) is 60.9 Å². The number of halogens is 4. The summed E-state index contributed by atoms with van der Waals surface area (Å²) in [6.07, 6.45) is -2.26. The van der Waals surface area contributed by atoms with Crippen LogP contribution in [0.3, 0.4) is 0 Å². The van der Waals surface area contributed by atoms with Crippen molar-refractivity contribution in [3.8, 4) is 0 Å². The lowest BCUT2D eigenvalue weighted by Crippen LogP contribution is -2.17.